The van der Waals surface area contributed by atoms with E-state index in [0.29, 0.717) is 27.8 Å². The quantitative estimate of drug-likeness (QED) is 0.501. The van der Waals surface area contributed by atoms with Crippen LogP contribution in [0.4, 0.5) is 0 Å². The summed E-state index contributed by atoms with van der Waals surface area (Å²) in [6, 6.07) is 9.74. The van der Waals surface area contributed by atoms with Crippen molar-refractivity contribution in [3.8, 4) is 28.6 Å². The number of carbonyl (C=O) groups is 1. The highest BCUT2D eigenvalue weighted by Gasteiger charge is 2.22. The van der Waals surface area contributed by atoms with Gasteiger partial charge in [0, 0.05) is 16.7 Å². The highest BCUT2D eigenvalue weighted by Crippen LogP contribution is 2.34. The van der Waals surface area contributed by atoms with Gasteiger partial charge in [-0.25, -0.2) is 19.3 Å². The number of imidazole rings is 1. The van der Waals surface area contributed by atoms with E-state index in [4.69, 9.17) is 38.4 Å². The van der Waals surface area contributed by atoms with E-state index in [1.807, 2.05) is 0 Å². The van der Waals surface area contributed by atoms with Crippen molar-refractivity contribution in [2.45, 2.75) is 0 Å². The Balaban J connectivity index is 1.80. The van der Waals surface area contributed by atoms with Gasteiger partial charge in [0.2, 0.25) is 6.79 Å². The third-order valence-electron chi connectivity index (χ3n) is 4.56. The molecule has 1 aliphatic heterocycles. The van der Waals surface area contributed by atoms with Crippen molar-refractivity contribution in [3.05, 3.63) is 62.6 Å². The van der Waals surface area contributed by atoms with Crippen LogP contribution in [0.1, 0.15) is 10.5 Å². The van der Waals surface area contributed by atoms with Crippen molar-refractivity contribution in [3.63, 3.8) is 0 Å². The van der Waals surface area contributed by atoms with Gasteiger partial charge in [-0.05, 0) is 30.3 Å². The van der Waals surface area contributed by atoms with Gasteiger partial charge in [0.25, 0.3) is 5.91 Å². The van der Waals surface area contributed by atoms with Gasteiger partial charge in [-0.15, -0.1) is 0 Å². The summed E-state index contributed by atoms with van der Waals surface area (Å²) in [6.45, 7) is 0.0920. The highest BCUT2D eigenvalue weighted by atomic mass is 35.5. The average molecular weight is 444 g/mol. The number of H-pyrrole nitrogens is 1. The van der Waals surface area contributed by atoms with Gasteiger partial charge in [-0.1, -0.05) is 23.2 Å². The lowest BCUT2D eigenvalue weighted by molar-refractivity contribution is 0.0997. The van der Waals surface area contributed by atoms with E-state index < -0.39 is 11.6 Å². The van der Waals surface area contributed by atoms with E-state index in [1.54, 1.807) is 30.3 Å². The SMILES string of the molecule is NC(=O)c1nc(-c2ccc(Cl)cc2Cl)nc2c1[nH]c(=O)n2-c1ccc2c(c1)OCO2. The molecule has 0 bridgehead atoms. The normalized spacial score (nSPS) is 12.5. The summed E-state index contributed by atoms with van der Waals surface area (Å²) in [5.74, 6) is 0.339. The summed E-state index contributed by atoms with van der Waals surface area (Å²) in [6.07, 6.45) is 0. The number of aromatic amines is 1. The van der Waals surface area contributed by atoms with Crippen molar-refractivity contribution in [1.82, 2.24) is 19.5 Å². The van der Waals surface area contributed by atoms with Crippen molar-refractivity contribution in [2.24, 2.45) is 5.73 Å². The minimum atomic E-state index is -0.826. The number of nitrogens with two attached hydrogens (primary N) is 1. The van der Waals surface area contributed by atoms with Gasteiger partial charge in [0.1, 0.15) is 5.52 Å². The van der Waals surface area contributed by atoms with Gasteiger partial charge in [-0.2, -0.15) is 0 Å². The standard InChI is InChI=1S/C19H11Cl2N5O4/c20-8-1-3-10(11(21)5-8)17-23-14(16(22)27)15-18(25-17)26(19(28)24-15)9-2-4-12-13(6-9)30-7-29-12/h1-6H,7H2,(H2,22,27)(H,24,28). The molecule has 1 amide bonds. The number of benzene rings is 2. The number of nitrogens with zero attached hydrogens (tertiary/aromatic N) is 3. The Kier molecular flexibility index (Phi) is 4.16. The van der Waals surface area contributed by atoms with Crippen molar-refractivity contribution >= 4 is 40.3 Å². The maximum atomic E-state index is 12.7. The van der Waals surface area contributed by atoms with E-state index in [0.717, 1.165) is 0 Å². The number of aromatic nitrogens is 4. The van der Waals surface area contributed by atoms with Crippen molar-refractivity contribution in [2.75, 3.05) is 6.79 Å². The van der Waals surface area contributed by atoms with Crippen LogP contribution in [0.3, 0.4) is 0 Å². The zero-order valence-corrected chi connectivity index (χ0v) is 16.5. The lowest BCUT2D eigenvalue weighted by Crippen LogP contribution is -2.15. The molecule has 0 spiro atoms. The van der Waals surface area contributed by atoms with E-state index in [9.17, 15) is 9.59 Å². The number of hydrogen-bond donors (Lipinski definition) is 2. The Morgan fingerprint density at radius 2 is 1.90 bits per heavy atom. The zero-order valence-electron chi connectivity index (χ0n) is 15.0. The van der Waals surface area contributed by atoms with Crippen molar-refractivity contribution in [1.29, 1.82) is 0 Å². The zero-order chi connectivity index (χ0) is 21.0. The smallest absolute Gasteiger partial charge is 0.332 e. The summed E-state index contributed by atoms with van der Waals surface area (Å²) in [4.78, 5) is 36.1. The third-order valence-corrected chi connectivity index (χ3v) is 5.10. The molecule has 0 fully saturated rings. The first-order valence-corrected chi connectivity index (χ1v) is 9.36. The van der Waals surface area contributed by atoms with Crippen LogP contribution in [0.5, 0.6) is 11.5 Å². The Morgan fingerprint density at radius 3 is 2.67 bits per heavy atom. The third kappa shape index (κ3) is 2.87. The molecule has 30 heavy (non-hydrogen) atoms. The molecule has 0 saturated heterocycles. The van der Waals surface area contributed by atoms with Crippen molar-refractivity contribution < 1.29 is 14.3 Å². The molecule has 150 valence electrons. The Hall–Kier alpha value is -3.56. The van der Waals surface area contributed by atoms with Crippen LogP contribution in [0.15, 0.2) is 41.2 Å². The van der Waals surface area contributed by atoms with Gasteiger partial charge < -0.3 is 20.2 Å². The molecular weight excluding hydrogens is 433 g/mol. The first-order chi connectivity index (χ1) is 14.4. The lowest BCUT2D eigenvalue weighted by Gasteiger charge is -2.08. The minimum absolute atomic E-state index is 0.0920. The predicted molar refractivity (Wildman–Crippen MR) is 110 cm³/mol. The fraction of sp³-hybridized carbons (Fsp3) is 0.0526. The molecule has 0 radical (unpaired) electrons. The molecule has 3 heterocycles. The largest absolute Gasteiger partial charge is 0.454 e. The van der Waals surface area contributed by atoms with Crippen LogP contribution < -0.4 is 20.9 Å². The fourth-order valence-corrected chi connectivity index (χ4v) is 3.71. The monoisotopic (exact) mass is 443 g/mol. The summed E-state index contributed by atoms with van der Waals surface area (Å²) in [7, 11) is 0. The lowest BCUT2D eigenvalue weighted by atomic mass is 10.2. The molecule has 5 rings (SSSR count). The minimum Gasteiger partial charge on any atom is -0.454 e. The number of amides is 1. The summed E-state index contributed by atoms with van der Waals surface area (Å²) in [5, 5.41) is 0.712. The van der Waals surface area contributed by atoms with Gasteiger partial charge in [-0.3, -0.25) is 4.79 Å². The Bertz CT molecular complexity index is 1410. The second-order valence-corrected chi connectivity index (χ2v) is 7.23. The molecule has 11 heteroatoms. The van der Waals surface area contributed by atoms with Gasteiger partial charge in [0.15, 0.2) is 28.7 Å². The number of ether oxygens (including phenoxy) is 2. The second-order valence-electron chi connectivity index (χ2n) is 6.39. The molecule has 2 aromatic heterocycles. The van der Waals surface area contributed by atoms with Gasteiger partial charge in [0.05, 0.1) is 10.7 Å². The van der Waals surface area contributed by atoms with E-state index in [-0.39, 0.29) is 34.5 Å². The van der Waals surface area contributed by atoms with Crippen LogP contribution in [0.2, 0.25) is 10.0 Å². The highest BCUT2D eigenvalue weighted by molar-refractivity contribution is 6.36. The molecule has 0 atom stereocenters. The van der Waals surface area contributed by atoms with Crippen LogP contribution in [-0.4, -0.2) is 32.2 Å². The molecule has 1 aliphatic rings. The molecular formula is C19H11Cl2N5O4. The van der Waals surface area contributed by atoms with E-state index >= 15 is 0 Å². The maximum absolute atomic E-state index is 12.7. The average Bonchev–Trinajstić information content (AvgIpc) is 3.29. The molecule has 0 aliphatic carbocycles. The van der Waals surface area contributed by atoms with Crippen LogP contribution in [0.25, 0.3) is 28.2 Å². The topological polar surface area (TPSA) is 125 Å². The Morgan fingerprint density at radius 1 is 1.10 bits per heavy atom. The summed E-state index contributed by atoms with van der Waals surface area (Å²) >= 11 is 12.3. The summed E-state index contributed by atoms with van der Waals surface area (Å²) < 4.78 is 12.0. The molecule has 4 aromatic rings. The molecule has 9 nitrogen and oxygen atoms in total. The van der Waals surface area contributed by atoms with Crippen LogP contribution in [-0.2, 0) is 0 Å². The number of carbonyl (C=O) groups excluding carboxylic acids is 1. The molecule has 0 unspecified atom stereocenters. The summed E-state index contributed by atoms with van der Waals surface area (Å²) in [5.41, 5.74) is 5.99. The molecule has 0 saturated carbocycles. The maximum Gasteiger partial charge on any atom is 0.332 e. The Labute approximate surface area is 178 Å². The number of rotatable bonds is 3. The number of hydrogen-bond acceptors (Lipinski definition) is 6. The first-order valence-electron chi connectivity index (χ1n) is 8.60. The van der Waals surface area contributed by atoms with Crippen LogP contribution in [0, 0.1) is 0 Å². The fourth-order valence-electron chi connectivity index (χ4n) is 3.22. The number of primary amides is 1. The van der Waals surface area contributed by atoms with Crippen LogP contribution >= 0.6 is 23.2 Å². The molecule has 2 aromatic carbocycles. The number of fused-ring (bicyclic) bond motifs is 2. The first kappa shape index (κ1) is 18.5. The van der Waals surface area contributed by atoms with E-state index in [1.165, 1.54) is 10.6 Å². The number of nitrogens with one attached hydrogen (secondary N) is 1. The number of halogens is 2. The van der Waals surface area contributed by atoms with Gasteiger partial charge >= 0.3 is 5.69 Å². The van der Waals surface area contributed by atoms with E-state index in [2.05, 4.69) is 15.0 Å². The predicted octanol–water partition coefficient (Wildman–Crippen LogP) is 2.91. The second kappa shape index (κ2) is 6.75. The molecule has 3 N–H and O–H groups in total.